The van der Waals surface area contributed by atoms with Crippen molar-refractivity contribution in [3.8, 4) is 11.4 Å². The molecule has 2 N–H and O–H groups in total. The topological polar surface area (TPSA) is 94.4 Å². The fourth-order valence-electron chi connectivity index (χ4n) is 3.69. The lowest BCUT2D eigenvalue weighted by atomic mass is 10.1. The number of hydrogen-bond acceptors (Lipinski definition) is 4. The average molecular weight is 492 g/mol. The molecule has 2 amide bonds. The van der Waals surface area contributed by atoms with Gasteiger partial charge in [-0.25, -0.2) is 4.68 Å². The lowest BCUT2D eigenvalue weighted by Gasteiger charge is -2.11. The van der Waals surface area contributed by atoms with Crippen LogP contribution in [0.3, 0.4) is 0 Å². The molecule has 10 heteroatoms. The first-order valence-electron chi connectivity index (χ1n) is 10.9. The second-order valence-electron chi connectivity index (χ2n) is 7.80. The van der Waals surface area contributed by atoms with Gasteiger partial charge >= 0.3 is 6.61 Å². The quantitative estimate of drug-likeness (QED) is 0.395. The molecule has 0 saturated carbocycles. The standard InChI is InChI=1S/C26H22F2N4O4/c1-16-22(25(35)32(31(16)2)19-11-4-3-5-12-19)30-23(33)17-9-8-10-18(15-17)29-24(34)20-13-6-7-14-21(20)36-26(27)28/h3-15,26H,1-2H3,(H,29,34)(H,30,33). The monoisotopic (exact) mass is 492 g/mol. The number of nitrogens with zero attached hydrogens (tertiary/aromatic N) is 2. The van der Waals surface area contributed by atoms with Crippen LogP contribution in [0.2, 0.25) is 0 Å². The summed E-state index contributed by atoms with van der Waals surface area (Å²) in [5.41, 5.74) is 1.28. The molecule has 0 atom stereocenters. The molecule has 0 aliphatic carbocycles. The number of carbonyl (C=O) groups excluding carboxylic acids is 2. The van der Waals surface area contributed by atoms with E-state index in [4.69, 9.17) is 0 Å². The molecule has 4 aromatic rings. The van der Waals surface area contributed by atoms with Crippen molar-refractivity contribution in [1.82, 2.24) is 9.36 Å². The number of alkyl halides is 2. The smallest absolute Gasteiger partial charge is 0.387 e. The van der Waals surface area contributed by atoms with Crippen molar-refractivity contribution in [3.63, 3.8) is 0 Å². The summed E-state index contributed by atoms with van der Waals surface area (Å²) in [6.45, 7) is -1.37. The van der Waals surface area contributed by atoms with Crippen molar-refractivity contribution < 1.29 is 23.1 Å². The summed E-state index contributed by atoms with van der Waals surface area (Å²) in [5, 5.41) is 5.23. The van der Waals surface area contributed by atoms with Gasteiger partial charge in [-0.2, -0.15) is 8.78 Å². The normalized spacial score (nSPS) is 10.8. The lowest BCUT2D eigenvalue weighted by molar-refractivity contribution is -0.0501. The van der Waals surface area contributed by atoms with Crippen LogP contribution in [0.15, 0.2) is 83.7 Å². The molecular formula is C26H22F2N4O4. The molecule has 1 heterocycles. The summed E-state index contributed by atoms with van der Waals surface area (Å²) in [5.74, 6) is -1.51. The largest absolute Gasteiger partial charge is 0.434 e. The van der Waals surface area contributed by atoms with Crippen LogP contribution < -0.4 is 20.9 Å². The highest BCUT2D eigenvalue weighted by molar-refractivity contribution is 6.08. The summed E-state index contributed by atoms with van der Waals surface area (Å²) < 4.78 is 32.8. The average Bonchev–Trinajstić information content (AvgIpc) is 3.07. The van der Waals surface area contributed by atoms with E-state index in [1.165, 1.54) is 41.1 Å². The van der Waals surface area contributed by atoms with Crippen molar-refractivity contribution in [3.05, 3.63) is 106 Å². The van der Waals surface area contributed by atoms with E-state index in [0.29, 0.717) is 11.4 Å². The Bertz CT molecular complexity index is 1480. The Balaban J connectivity index is 1.55. The summed E-state index contributed by atoms with van der Waals surface area (Å²) in [6.07, 6.45) is 0. The van der Waals surface area contributed by atoms with Crippen molar-refractivity contribution in [2.45, 2.75) is 13.5 Å². The van der Waals surface area contributed by atoms with Crippen molar-refractivity contribution in [2.24, 2.45) is 7.05 Å². The minimum absolute atomic E-state index is 0.0889. The van der Waals surface area contributed by atoms with Crippen LogP contribution in [0.5, 0.6) is 5.75 Å². The second kappa shape index (κ2) is 10.3. The van der Waals surface area contributed by atoms with Gasteiger partial charge in [0.05, 0.1) is 16.9 Å². The number of hydrogen-bond donors (Lipinski definition) is 2. The number of benzene rings is 3. The lowest BCUT2D eigenvalue weighted by Crippen LogP contribution is -2.23. The molecule has 0 aliphatic rings. The Morgan fingerprint density at radius 2 is 1.58 bits per heavy atom. The molecule has 0 unspecified atom stereocenters. The minimum Gasteiger partial charge on any atom is -0.434 e. The number of rotatable bonds is 7. The highest BCUT2D eigenvalue weighted by Gasteiger charge is 2.20. The van der Waals surface area contributed by atoms with E-state index in [-0.39, 0.29) is 28.3 Å². The molecule has 36 heavy (non-hydrogen) atoms. The summed E-state index contributed by atoms with van der Waals surface area (Å²) in [6, 6.07) is 20.6. The zero-order valence-corrected chi connectivity index (χ0v) is 19.4. The molecule has 4 rings (SSSR count). The second-order valence-corrected chi connectivity index (χ2v) is 7.80. The van der Waals surface area contributed by atoms with Crippen LogP contribution in [-0.2, 0) is 7.05 Å². The third kappa shape index (κ3) is 5.02. The number of para-hydroxylation sites is 2. The van der Waals surface area contributed by atoms with E-state index in [2.05, 4.69) is 15.4 Å². The van der Waals surface area contributed by atoms with Crippen LogP contribution in [0.25, 0.3) is 5.69 Å². The summed E-state index contributed by atoms with van der Waals surface area (Å²) >= 11 is 0. The Labute approximate surface area is 204 Å². The predicted molar refractivity (Wildman–Crippen MR) is 131 cm³/mol. The van der Waals surface area contributed by atoms with Crippen LogP contribution in [-0.4, -0.2) is 27.8 Å². The van der Waals surface area contributed by atoms with E-state index in [9.17, 15) is 23.2 Å². The molecule has 184 valence electrons. The first kappa shape index (κ1) is 24.4. The summed E-state index contributed by atoms with van der Waals surface area (Å²) in [7, 11) is 1.71. The van der Waals surface area contributed by atoms with Gasteiger partial charge in [0.2, 0.25) is 0 Å². The number of ether oxygens (including phenoxy) is 1. The van der Waals surface area contributed by atoms with Crippen LogP contribution in [0.4, 0.5) is 20.2 Å². The molecule has 0 spiro atoms. The maximum Gasteiger partial charge on any atom is 0.387 e. The fourth-order valence-corrected chi connectivity index (χ4v) is 3.69. The van der Waals surface area contributed by atoms with E-state index >= 15 is 0 Å². The molecule has 3 aromatic carbocycles. The molecule has 0 fully saturated rings. The van der Waals surface area contributed by atoms with Gasteiger partial charge in [0.15, 0.2) is 0 Å². The van der Waals surface area contributed by atoms with E-state index in [1.54, 1.807) is 55.1 Å². The molecule has 0 bridgehead atoms. The van der Waals surface area contributed by atoms with Gasteiger partial charge in [0.25, 0.3) is 17.4 Å². The Morgan fingerprint density at radius 3 is 2.31 bits per heavy atom. The Hall–Kier alpha value is -4.73. The number of amides is 2. The third-order valence-electron chi connectivity index (χ3n) is 5.52. The van der Waals surface area contributed by atoms with Gasteiger partial charge < -0.3 is 15.4 Å². The molecule has 0 saturated heterocycles. The van der Waals surface area contributed by atoms with Crippen LogP contribution in [0.1, 0.15) is 26.4 Å². The maximum absolute atomic E-state index is 13.1. The molecular weight excluding hydrogens is 470 g/mol. The highest BCUT2D eigenvalue weighted by Crippen LogP contribution is 2.22. The highest BCUT2D eigenvalue weighted by atomic mass is 19.3. The zero-order valence-electron chi connectivity index (χ0n) is 19.4. The van der Waals surface area contributed by atoms with Crippen LogP contribution >= 0.6 is 0 Å². The number of carbonyl (C=O) groups is 2. The SMILES string of the molecule is Cc1c(NC(=O)c2cccc(NC(=O)c3ccccc3OC(F)F)c2)c(=O)n(-c2ccccc2)n1C. The van der Waals surface area contributed by atoms with Crippen molar-refractivity contribution in [1.29, 1.82) is 0 Å². The predicted octanol–water partition coefficient (Wildman–Crippen LogP) is 4.59. The Kier molecular flexibility index (Phi) is 6.95. The number of halogens is 2. The van der Waals surface area contributed by atoms with Crippen LogP contribution in [0, 0.1) is 6.92 Å². The first-order chi connectivity index (χ1) is 17.3. The van der Waals surface area contributed by atoms with Crippen molar-refractivity contribution >= 4 is 23.2 Å². The van der Waals surface area contributed by atoms with E-state index < -0.39 is 24.0 Å². The van der Waals surface area contributed by atoms with Crippen molar-refractivity contribution in [2.75, 3.05) is 10.6 Å². The molecule has 0 radical (unpaired) electrons. The van der Waals surface area contributed by atoms with Gasteiger partial charge in [-0.05, 0) is 49.4 Å². The molecule has 1 aromatic heterocycles. The minimum atomic E-state index is -3.08. The number of nitrogens with one attached hydrogen (secondary N) is 2. The maximum atomic E-state index is 13.1. The zero-order chi connectivity index (χ0) is 25.8. The fraction of sp³-hybridized carbons (Fsp3) is 0.115. The number of aromatic nitrogens is 2. The first-order valence-corrected chi connectivity index (χ1v) is 10.9. The third-order valence-corrected chi connectivity index (χ3v) is 5.52. The molecule has 8 nitrogen and oxygen atoms in total. The van der Waals surface area contributed by atoms with Gasteiger partial charge in [-0.1, -0.05) is 36.4 Å². The van der Waals surface area contributed by atoms with E-state index in [0.717, 1.165) is 0 Å². The van der Waals surface area contributed by atoms with Gasteiger partial charge in [0.1, 0.15) is 11.4 Å². The van der Waals surface area contributed by atoms with E-state index in [1.807, 2.05) is 6.07 Å². The molecule has 0 aliphatic heterocycles. The summed E-state index contributed by atoms with van der Waals surface area (Å²) in [4.78, 5) is 38.7. The Morgan fingerprint density at radius 1 is 0.889 bits per heavy atom. The van der Waals surface area contributed by atoms with Gasteiger partial charge in [0, 0.05) is 18.3 Å². The van der Waals surface area contributed by atoms with Gasteiger partial charge in [-0.3, -0.25) is 19.1 Å². The van der Waals surface area contributed by atoms with Gasteiger partial charge in [-0.15, -0.1) is 0 Å². The number of anilines is 2.